The number of nitrogens with zero attached hydrogens (tertiary/aromatic N) is 5. The highest BCUT2D eigenvalue weighted by Crippen LogP contribution is 2.24. The fourth-order valence-electron chi connectivity index (χ4n) is 2.12. The number of benzene rings is 2. The fraction of sp³-hybridized carbons (Fsp3) is 0.0556. The zero-order valence-electron chi connectivity index (χ0n) is 13.3. The normalized spacial score (nSPS) is 9.72. The molecule has 0 bridgehead atoms. The maximum atomic E-state index is 8.64. The Kier molecular flexibility index (Phi) is 4.50. The van der Waals surface area contributed by atoms with Crippen LogP contribution in [0.3, 0.4) is 0 Å². The van der Waals surface area contributed by atoms with Crippen molar-refractivity contribution in [3.63, 3.8) is 0 Å². The van der Waals surface area contributed by atoms with Gasteiger partial charge in [0.1, 0.15) is 12.1 Å². The van der Waals surface area contributed by atoms with Crippen LogP contribution in [0.25, 0.3) is 22.8 Å². The maximum Gasteiger partial charge on any atom is 0.258 e. The zero-order chi connectivity index (χ0) is 17.6. The number of rotatable bonds is 4. The third-order valence-electron chi connectivity index (χ3n) is 3.34. The van der Waals surface area contributed by atoms with Crippen molar-refractivity contribution in [2.75, 3.05) is 5.43 Å². The van der Waals surface area contributed by atoms with Crippen LogP contribution >= 0.6 is 0 Å². The second-order valence-corrected chi connectivity index (χ2v) is 5.17. The van der Waals surface area contributed by atoms with Crippen molar-refractivity contribution in [2.45, 2.75) is 6.92 Å². The van der Waals surface area contributed by atoms with Crippen molar-refractivity contribution in [3.05, 3.63) is 54.1 Å². The Hall–Kier alpha value is -3.97. The lowest BCUT2D eigenvalue weighted by Crippen LogP contribution is -1.96. The Labute approximate surface area is 143 Å². The monoisotopic (exact) mass is 328 g/mol. The van der Waals surface area contributed by atoms with Crippen molar-refractivity contribution in [3.8, 4) is 35.0 Å². The van der Waals surface area contributed by atoms with E-state index >= 15 is 0 Å². The first-order chi connectivity index (χ1) is 12.2. The molecule has 3 aromatic rings. The molecule has 0 radical (unpaired) electrons. The first-order valence-electron chi connectivity index (χ1n) is 7.34. The van der Waals surface area contributed by atoms with Crippen molar-refractivity contribution in [1.82, 2.24) is 10.1 Å². The van der Waals surface area contributed by atoms with Gasteiger partial charge in [-0.15, -0.1) is 0 Å². The van der Waals surface area contributed by atoms with Gasteiger partial charge in [0.05, 0.1) is 5.69 Å². The zero-order valence-corrected chi connectivity index (χ0v) is 13.3. The molecule has 0 aliphatic rings. The molecule has 0 unspecified atom stereocenters. The van der Waals surface area contributed by atoms with Crippen LogP contribution in [0.4, 0.5) is 5.69 Å². The number of aromatic nitrogens is 2. The van der Waals surface area contributed by atoms with E-state index < -0.39 is 0 Å². The smallest absolute Gasteiger partial charge is 0.258 e. The van der Waals surface area contributed by atoms with Gasteiger partial charge in [-0.1, -0.05) is 28.9 Å². The summed E-state index contributed by atoms with van der Waals surface area (Å²) in [7, 11) is 0. The molecule has 0 amide bonds. The maximum absolute atomic E-state index is 8.64. The van der Waals surface area contributed by atoms with Crippen LogP contribution in [0.5, 0.6) is 0 Å². The molecule has 7 nitrogen and oxygen atoms in total. The largest absolute Gasteiger partial charge is 0.334 e. The van der Waals surface area contributed by atoms with Gasteiger partial charge in [0, 0.05) is 11.1 Å². The average molecular weight is 328 g/mol. The van der Waals surface area contributed by atoms with Crippen LogP contribution in [0.15, 0.2) is 58.2 Å². The Morgan fingerprint density at radius 3 is 2.52 bits per heavy atom. The number of aryl methyl sites for hydroxylation is 1. The summed E-state index contributed by atoms with van der Waals surface area (Å²) < 4.78 is 5.32. The predicted molar refractivity (Wildman–Crippen MR) is 92.2 cm³/mol. The van der Waals surface area contributed by atoms with Crippen molar-refractivity contribution in [1.29, 1.82) is 10.5 Å². The summed E-state index contributed by atoms with van der Waals surface area (Å²) >= 11 is 0. The molecular formula is C18H12N6O. The number of nitrogens with one attached hydrogen (secondary N) is 1. The summed E-state index contributed by atoms with van der Waals surface area (Å²) in [6, 6.07) is 18.2. The van der Waals surface area contributed by atoms with Crippen LogP contribution in [-0.2, 0) is 0 Å². The van der Waals surface area contributed by atoms with Gasteiger partial charge in [0.2, 0.25) is 11.5 Å². The number of nitriles is 2. The minimum atomic E-state index is -0.247. The van der Waals surface area contributed by atoms with Crippen LogP contribution in [0.2, 0.25) is 0 Å². The van der Waals surface area contributed by atoms with E-state index in [0.717, 1.165) is 16.7 Å². The van der Waals surface area contributed by atoms with Gasteiger partial charge >= 0.3 is 0 Å². The topological polar surface area (TPSA) is 111 Å². The molecule has 1 N–H and O–H groups in total. The Bertz CT molecular complexity index is 989. The highest BCUT2D eigenvalue weighted by Gasteiger charge is 2.10. The number of hydrogen-bond acceptors (Lipinski definition) is 7. The third-order valence-corrected chi connectivity index (χ3v) is 3.34. The molecule has 0 atom stereocenters. The minimum absolute atomic E-state index is 0.247. The summed E-state index contributed by atoms with van der Waals surface area (Å²) in [6.45, 7) is 2.00. The van der Waals surface area contributed by atoms with Crippen molar-refractivity contribution >= 4 is 11.4 Å². The van der Waals surface area contributed by atoms with E-state index in [1.165, 1.54) is 0 Å². The van der Waals surface area contributed by atoms with Gasteiger partial charge in [-0.3, -0.25) is 5.43 Å². The van der Waals surface area contributed by atoms with Crippen molar-refractivity contribution < 1.29 is 4.52 Å². The van der Waals surface area contributed by atoms with Crippen molar-refractivity contribution in [2.24, 2.45) is 5.10 Å². The lowest BCUT2D eigenvalue weighted by Gasteiger charge is -2.00. The number of hydrazone groups is 1. The van der Waals surface area contributed by atoms with Crippen LogP contribution in [0.1, 0.15) is 5.56 Å². The molecule has 120 valence electrons. The minimum Gasteiger partial charge on any atom is -0.334 e. The molecule has 25 heavy (non-hydrogen) atoms. The van der Waals surface area contributed by atoms with Gasteiger partial charge in [0.25, 0.3) is 5.89 Å². The average Bonchev–Trinajstić information content (AvgIpc) is 3.13. The van der Waals surface area contributed by atoms with E-state index in [2.05, 4.69) is 20.7 Å². The molecule has 2 aromatic carbocycles. The Balaban J connectivity index is 1.79. The molecule has 3 rings (SSSR count). The molecule has 1 aromatic heterocycles. The summed E-state index contributed by atoms with van der Waals surface area (Å²) in [5, 5.41) is 25.0. The van der Waals surface area contributed by atoms with Gasteiger partial charge in [-0.2, -0.15) is 20.6 Å². The van der Waals surface area contributed by atoms with Gasteiger partial charge in [-0.05, 0) is 37.3 Å². The van der Waals surface area contributed by atoms with E-state index in [4.69, 9.17) is 15.0 Å². The SMILES string of the molecule is Cc1cccc(-c2noc(-c3ccc(NN=C(C#N)C#N)cc3)n2)c1. The molecule has 0 aliphatic heterocycles. The van der Waals surface area contributed by atoms with Crippen LogP contribution < -0.4 is 5.43 Å². The van der Waals surface area contributed by atoms with Gasteiger partial charge < -0.3 is 4.52 Å². The summed E-state index contributed by atoms with van der Waals surface area (Å²) in [4.78, 5) is 4.41. The highest BCUT2D eigenvalue weighted by molar-refractivity contribution is 6.10. The standard InChI is InChI=1S/C18H12N6O/c1-12-3-2-4-14(9-12)17-21-18(25-24-17)13-5-7-15(8-6-13)22-23-16(10-19)11-20/h2-9,22H,1H3. The molecule has 0 saturated heterocycles. The molecule has 0 aliphatic carbocycles. The summed E-state index contributed by atoms with van der Waals surface area (Å²) in [6.07, 6.45) is 0. The second-order valence-electron chi connectivity index (χ2n) is 5.17. The van der Waals surface area contributed by atoms with E-state index in [9.17, 15) is 0 Å². The second kappa shape index (κ2) is 7.07. The van der Waals surface area contributed by atoms with Gasteiger partial charge in [0.15, 0.2) is 0 Å². The van der Waals surface area contributed by atoms with E-state index in [-0.39, 0.29) is 5.71 Å². The molecule has 0 spiro atoms. The first-order valence-corrected chi connectivity index (χ1v) is 7.34. The first kappa shape index (κ1) is 15.9. The van der Waals surface area contributed by atoms with E-state index in [0.29, 0.717) is 17.4 Å². The molecule has 0 saturated carbocycles. The lowest BCUT2D eigenvalue weighted by molar-refractivity contribution is 0.432. The van der Waals surface area contributed by atoms with Crippen LogP contribution in [-0.4, -0.2) is 15.9 Å². The van der Waals surface area contributed by atoms with Gasteiger partial charge in [-0.25, -0.2) is 0 Å². The summed E-state index contributed by atoms with van der Waals surface area (Å²) in [5.74, 6) is 0.930. The molecule has 7 heteroatoms. The Morgan fingerprint density at radius 1 is 1.08 bits per heavy atom. The fourth-order valence-corrected chi connectivity index (χ4v) is 2.12. The van der Waals surface area contributed by atoms with E-state index in [1.54, 1.807) is 36.4 Å². The summed E-state index contributed by atoms with van der Waals surface area (Å²) in [5.41, 5.74) is 5.78. The number of hydrogen-bond donors (Lipinski definition) is 1. The predicted octanol–water partition coefficient (Wildman–Crippen LogP) is 3.53. The lowest BCUT2D eigenvalue weighted by atomic mass is 10.1. The van der Waals surface area contributed by atoms with Crippen LogP contribution in [0, 0.1) is 29.6 Å². The molecule has 0 fully saturated rings. The Morgan fingerprint density at radius 2 is 1.84 bits per heavy atom. The number of anilines is 1. The molecule has 1 heterocycles. The van der Waals surface area contributed by atoms with E-state index in [1.807, 2.05) is 31.2 Å². The third kappa shape index (κ3) is 3.69. The molecular weight excluding hydrogens is 316 g/mol. The highest BCUT2D eigenvalue weighted by atomic mass is 16.5. The quantitative estimate of drug-likeness (QED) is 0.579.